The Hall–Kier alpha value is -2.42. The highest BCUT2D eigenvalue weighted by atomic mass is 16.5. The van der Waals surface area contributed by atoms with Crippen LogP contribution in [0.2, 0.25) is 0 Å². The fourth-order valence-corrected chi connectivity index (χ4v) is 3.35. The van der Waals surface area contributed by atoms with E-state index in [4.69, 9.17) is 4.74 Å². The van der Waals surface area contributed by atoms with E-state index in [1.807, 2.05) is 0 Å². The third-order valence-electron chi connectivity index (χ3n) is 4.87. The molecule has 136 valence electrons. The molecule has 25 heavy (non-hydrogen) atoms. The van der Waals surface area contributed by atoms with Gasteiger partial charge in [0.15, 0.2) is 0 Å². The van der Waals surface area contributed by atoms with E-state index in [1.54, 1.807) is 4.90 Å². The van der Waals surface area contributed by atoms with E-state index in [9.17, 15) is 19.2 Å². The zero-order valence-electron chi connectivity index (χ0n) is 14.4. The van der Waals surface area contributed by atoms with Crippen molar-refractivity contribution < 1.29 is 14.3 Å². The first kappa shape index (κ1) is 17.4. The molecule has 3 rings (SSSR count). The quantitative estimate of drug-likeness (QED) is 0.650. The fraction of sp³-hybridized carbons (Fsp3) is 0.625. The monoisotopic (exact) mass is 350 g/mol. The summed E-state index contributed by atoms with van der Waals surface area (Å²) in [6.45, 7) is 2.46. The molecule has 0 aliphatic carbocycles. The average Bonchev–Trinajstić information content (AvgIpc) is 3.12. The maximum Gasteiger partial charge on any atom is 0.331 e. The third-order valence-corrected chi connectivity index (χ3v) is 4.87. The molecule has 0 bridgehead atoms. The molecule has 1 aromatic rings. The van der Waals surface area contributed by atoms with E-state index >= 15 is 0 Å². The molecule has 9 nitrogen and oxygen atoms in total. The van der Waals surface area contributed by atoms with Crippen molar-refractivity contribution in [3.63, 3.8) is 0 Å². The number of carbonyl (C=O) groups excluding carboxylic acids is 2. The summed E-state index contributed by atoms with van der Waals surface area (Å²) in [7, 11) is 2.81. The van der Waals surface area contributed by atoms with Crippen LogP contribution in [0.5, 0.6) is 0 Å². The first-order chi connectivity index (χ1) is 11.9. The van der Waals surface area contributed by atoms with Crippen LogP contribution in [0, 0.1) is 0 Å². The maximum atomic E-state index is 12.9. The lowest BCUT2D eigenvalue weighted by Crippen LogP contribution is -2.52. The molecule has 0 saturated carbocycles. The number of rotatable bonds is 2. The second-order valence-electron chi connectivity index (χ2n) is 6.36. The Morgan fingerprint density at radius 2 is 1.76 bits per heavy atom. The number of carbonyl (C=O) groups is 2. The van der Waals surface area contributed by atoms with E-state index in [0.717, 1.165) is 15.2 Å². The second-order valence-corrected chi connectivity index (χ2v) is 6.36. The van der Waals surface area contributed by atoms with Crippen LogP contribution >= 0.6 is 0 Å². The predicted molar refractivity (Wildman–Crippen MR) is 88.4 cm³/mol. The smallest absolute Gasteiger partial charge is 0.331 e. The average molecular weight is 350 g/mol. The Bertz CT molecular complexity index is 806. The Balaban J connectivity index is 1.87. The van der Waals surface area contributed by atoms with Crippen molar-refractivity contribution in [2.24, 2.45) is 14.1 Å². The van der Waals surface area contributed by atoms with E-state index in [-0.39, 0.29) is 11.6 Å². The van der Waals surface area contributed by atoms with Gasteiger partial charge in [0.25, 0.3) is 11.5 Å². The molecule has 2 fully saturated rings. The molecule has 2 amide bonds. The van der Waals surface area contributed by atoms with Crippen LogP contribution in [-0.2, 0) is 23.6 Å². The van der Waals surface area contributed by atoms with Crippen LogP contribution in [0.15, 0.2) is 15.7 Å². The number of ether oxygens (including phenoxy) is 1. The molecular formula is C16H22N4O5. The summed E-state index contributed by atoms with van der Waals surface area (Å²) in [4.78, 5) is 52.8. The van der Waals surface area contributed by atoms with E-state index < -0.39 is 23.2 Å². The van der Waals surface area contributed by atoms with Crippen LogP contribution in [-0.4, -0.2) is 69.6 Å². The van der Waals surface area contributed by atoms with Crippen molar-refractivity contribution in [1.29, 1.82) is 0 Å². The van der Waals surface area contributed by atoms with Gasteiger partial charge in [-0.25, -0.2) is 4.79 Å². The molecule has 1 aromatic heterocycles. The van der Waals surface area contributed by atoms with E-state index in [1.165, 1.54) is 19.0 Å². The molecule has 0 spiro atoms. The molecule has 0 N–H and O–H groups in total. The van der Waals surface area contributed by atoms with Gasteiger partial charge >= 0.3 is 5.69 Å². The molecular weight excluding hydrogens is 328 g/mol. The van der Waals surface area contributed by atoms with Crippen LogP contribution in [0.25, 0.3) is 0 Å². The van der Waals surface area contributed by atoms with Crippen LogP contribution in [0.4, 0.5) is 0 Å². The Morgan fingerprint density at radius 1 is 1.08 bits per heavy atom. The number of hydrogen-bond donors (Lipinski definition) is 0. The van der Waals surface area contributed by atoms with Gasteiger partial charge in [0, 0.05) is 39.8 Å². The van der Waals surface area contributed by atoms with Gasteiger partial charge in [0.05, 0.1) is 13.2 Å². The molecule has 0 radical (unpaired) electrons. The minimum atomic E-state index is -0.564. The Morgan fingerprint density at radius 3 is 2.44 bits per heavy atom. The summed E-state index contributed by atoms with van der Waals surface area (Å²) in [6, 6.07) is 0.600. The normalized spacial score (nSPS) is 20.8. The van der Waals surface area contributed by atoms with Crippen LogP contribution in [0.3, 0.4) is 0 Å². The summed E-state index contributed by atoms with van der Waals surface area (Å²) in [6.07, 6.45) is 1.30. The molecule has 1 atom stereocenters. The van der Waals surface area contributed by atoms with Gasteiger partial charge in [-0.15, -0.1) is 0 Å². The van der Waals surface area contributed by atoms with Crippen molar-refractivity contribution in [3.8, 4) is 0 Å². The third kappa shape index (κ3) is 3.11. The molecule has 2 aliphatic rings. The molecule has 2 saturated heterocycles. The number of amides is 2. The van der Waals surface area contributed by atoms with Crippen LogP contribution in [0.1, 0.15) is 23.3 Å². The van der Waals surface area contributed by atoms with E-state index in [0.29, 0.717) is 45.7 Å². The highest BCUT2D eigenvalue weighted by Gasteiger charge is 2.38. The summed E-state index contributed by atoms with van der Waals surface area (Å²) in [5.41, 5.74) is -1.09. The highest BCUT2D eigenvalue weighted by molar-refractivity contribution is 5.96. The number of likely N-dealkylation sites (tertiary alicyclic amines) is 1. The molecule has 2 aliphatic heterocycles. The SMILES string of the molecule is Cn1c(C(=O)N2CCC[C@H]2C(=O)N2CCOCC2)cc(=O)n(C)c1=O. The van der Waals surface area contributed by atoms with Crippen molar-refractivity contribution in [2.45, 2.75) is 18.9 Å². The standard InChI is InChI=1S/C16H22N4O5/c1-17-12(10-13(21)18(2)16(17)24)15(23)20-5-3-4-11(20)14(22)19-6-8-25-9-7-19/h10-11H,3-9H2,1-2H3/t11-/m0/s1. The fourth-order valence-electron chi connectivity index (χ4n) is 3.35. The predicted octanol–water partition coefficient (Wildman–Crippen LogP) is -1.45. The van der Waals surface area contributed by atoms with Gasteiger partial charge in [0.1, 0.15) is 11.7 Å². The largest absolute Gasteiger partial charge is 0.378 e. The summed E-state index contributed by atoms with van der Waals surface area (Å²) < 4.78 is 7.35. The summed E-state index contributed by atoms with van der Waals surface area (Å²) >= 11 is 0. The molecule has 3 heterocycles. The topological polar surface area (TPSA) is 93.8 Å². The lowest BCUT2D eigenvalue weighted by Gasteiger charge is -2.32. The number of hydrogen-bond acceptors (Lipinski definition) is 5. The number of aromatic nitrogens is 2. The van der Waals surface area contributed by atoms with Gasteiger partial charge in [-0.1, -0.05) is 0 Å². The van der Waals surface area contributed by atoms with Gasteiger partial charge < -0.3 is 14.5 Å². The summed E-state index contributed by atoms with van der Waals surface area (Å²) in [5.74, 6) is -0.551. The highest BCUT2D eigenvalue weighted by Crippen LogP contribution is 2.22. The van der Waals surface area contributed by atoms with Crippen molar-refractivity contribution in [2.75, 3.05) is 32.8 Å². The van der Waals surface area contributed by atoms with Crippen molar-refractivity contribution in [1.82, 2.24) is 18.9 Å². The van der Waals surface area contributed by atoms with Crippen molar-refractivity contribution >= 4 is 11.8 Å². The number of nitrogens with zero attached hydrogens (tertiary/aromatic N) is 4. The van der Waals surface area contributed by atoms with Gasteiger partial charge in [0.2, 0.25) is 5.91 Å². The van der Waals surface area contributed by atoms with Crippen molar-refractivity contribution in [3.05, 3.63) is 32.6 Å². The maximum absolute atomic E-state index is 12.9. The first-order valence-electron chi connectivity index (χ1n) is 8.36. The molecule has 0 unspecified atom stereocenters. The van der Waals surface area contributed by atoms with E-state index in [2.05, 4.69) is 0 Å². The number of morpholine rings is 1. The second kappa shape index (κ2) is 6.83. The molecule has 0 aromatic carbocycles. The zero-order valence-corrected chi connectivity index (χ0v) is 14.4. The van der Waals surface area contributed by atoms with Crippen LogP contribution < -0.4 is 11.2 Å². The van der Waals surface area contributed by atoms with Gasteiger partial charge in [-0.05, 0) is 12.8 Å². The molecule has 9 heteroatoms. The minimum Gasteiger partial charge on any atom is -0.378 e. The zero-order chi connectivity index (χ0) is 18.1. The Kier molecular flexibility index (Phi) is 4.76. The summed E-state index contributed by atoms with van der Waals surface area (Å²) in [5, 5.41) is 0. The minimum absolute atomic E-state index is 0.00905. The first-order valence-corrected chi connectivity index (χ1v) is 8.36. The lowest BCUT2D eigenvalue weighted by molar-refractivity contribution is -0.139. The Labute approximate surface area is 144 Å². The lowest BCUT2D eigenvalue weighted by atomic mass is 10.1. The van der Waals surface area contributed by atoms with Gasteiger partial charge in [-0.3, -0.25) is 23.5 Å². The van der Waals surface area contributed by atoms with Gasteiger partial charge in [-0.2, -0.15) is 0 Å².